The third kappa shape index (κ3) is 0.948. The zero-order valence-electron chi connectivity index (χ0n) is 7.13. The number of carbonyl (C=O) groups is 1. The highest BCUT2D eigenvalue weighted by Crippen LogP contribution is 2.38. The van der Waals surface area contributed by atoms with Crippen LogP contribution in [0.3, 0.4) is 0 Å². The SMILES string of the molecule is CN1CC2(CC(=O)N(C)C2)C1. The number of nitrogens with zero attached hydrogens (tertiary/aromatic N) is 2. The van der Waals surface area contributed by atoms with Gasteiger partial charge in [0.1, 0.15) is 0 Å². The third-order valence-corrected chi connectivity index (χ3v) is 2.74. The van der Waals surface area contributed by atoms with E-state index >= 15 is 0 Å². The van der Waals surface area contributed by atoms with Gasteiger partial charge < -0.3 is 9.80 Å². The Bertz CT molecular complexity index is 196. The van der Waals surface area contributed by atoms with Gasteiger partial charge in [0.2, 0.25) is 5.91 Å². The van der Waals surface area contributed by atoms with Gasteiger partial charge in [-0.05, 0) is 7.05 Å². The van der Waals surface area contributed by atoms with E-state index in [4.69, 9.17) is 0 Å². The van der Waals surface area contributed by atoms with Gasteiger partial charge in [0.15, 0.2) is 0 Å². The summed E-state index contributed by atoms with van der Waals surface area (Å²) < 4.78 is 0. The molecule has 62 valence electrons. The van der Waals surface area contributed by atoms with Gasteiger partial charge in [-0.3, -0.25) is 4.79 Å². The van der Waals surface area contributed by atoms with E-state index < -0.39 is 0 Å². The average molecular weight is 154 g/mol. The first-order valence-electron chi connectivity index (χ1n) is 4.04. The molecular formula is C8H14N2O. The van der Waals surface area contributed by atoms with Crippen molar-refractivity contribution in [1.82, 2.24) is 9.80 Å². The van der Waals surface area contributed by atoms with Gasteiger partial charge >= 0.3 is 0 Å². The van der Waals surface area contributed by atoms with Crippen LogP contribution in [0.25, 0.3) is 0 Å². The average Bonchev–Trinajstić information content (AvgIpc) is 2.07. The van der Waals surface area contributed by atoms with Crippen LogP contribution >= 0.6 is 0 Å². The Kier molecular flexibility index (Phi) is 1.27. The van der Waals surface area contributed by atoms with Crippen molar-refractivity contribution in [3.8, 4) is 0 Å². The molecule has 2 saturated heterocycles. The second-order valence-electron chi connectivity index (χ2n) is 4.10. The van der Waals surface area contributed by atoms with Crippen molar-refractivity contribution in [1.29, 1.82) is 0 Å². The smallest absolute Gasteiger partial charge is 0.223 e. The van der Waals surface area contributed by atoms with E-state index in [2.05, 4.69) is 11.9 Å². The number of hydrogen-bond acceptors (Lipinski definition) is 2. The molecule has 2 heterocycles. The first-order valence-corrected chi connectivity index (χ1v) is 4.04. The third-order valence-electron chi connectivity index (χ3n) is 2.74. The minimum Gasteiger partial charge on any atom is -0.345 e. The number of likely N-dealkylation sites (tertiary alicyclic amines) is 2. The van der Waals surface area contributed by atoms with E-state index in [-0.39, 0.29) is 0 Å². The number of rotatable bonds is 0. The topological polar surface area (TPSA) is 23.6 Å². The maximum atomic E-state index is 11.2. The van der Waals surface area contributed by atoms with E-state index in [0.717, 1.165) is 26.1 Å². The molecular weight excluding hydrogens is 140 g/mol. The highest BCUT2D eigenvalue weighted by atomic mass is 16.2. The molecule has 11 heavy (non-hydrogen) atoms. The van der Waals surface area contributed by atoms with Crippen LogP contribution in [-0.2, 0) is 4.79 Å². The maximum Gasteiger partial charge on any atom is 0.223 e. The molecule has 2 fully saturated rings. The predicted octanol–water partition coefficient (Wildman–Crippen LogP) is -0.220. The Labute approximate surface area is 67.0 Å². The molecule has 0 saturated carbocycles. The standard InChI is InChI=1S/C8H14N2O/c1-9-4-8(5-9)3-7(11)10(2)6-8/h3-6H2,1-2H3. The van der Waals surface area contributed by atoms with Crippen LogP contribution in [0, 0.1) is 5.41 Å². The Hall–Kier alpha value is -0.570. The van der Waals surface area contributed by atoms with E-state index in [9.17, 15) is 4.79 Å². The summed E-state index contributed by atoms with van der Waals surface area (Å²) in [6.45, 7) is 3.17. The molecule has 2 aliphatic heterocycles. The summed E-state index contributed by atoms with van der Waals surface area (Å²) in [5.41, 5.74) is 0.334. The Morgan fingerprint density at radius 2 is 1.91 bits per heavy atom. The number of hydrogen-bond donors (Lipinski definition) is 0. The van der Waals surface area contributed by atoms with Gasteiger partial charge in [-0.15, -0.1) is 0 Å². The van der Waals surface area contributed by atoms with Gasteiger partial charge in [-0.25, -0.2) is 0 Å². The quantitative estimate of drug-likeness (QED) is 0.481. The summed E-state index contributed by atoms with van der Waals surface area (Å²) in [4.78, 5) is 15.3. The zero-order valence-corrected chi connectivity index (χ0v) is 7.13. The van der Waals surface area contributed by atoms with Gasteiger partial charge in [0.05, 0.1) is 0 Å². The minimum absolute atomic E-state index is 0.318. The van der Waals surface area contributed by atoms with Crippen LogP contribution in [0.2, 0.25) is 0 Å². The monoisotopic (exact) mass is 154 g/mol. The van der Waals surface area contributed by atoms with E-state index in [1.54, 1.807) is 0 Å². The predicted molar refractivity (Wildman–Crippen MR) is 42.2 cm³/mol. The van der Waals surface area contributed by atoms with Crippen LogP contribution < -0.4 is 0 Å². The lowest BCUT2D eigenvalue weighted by atomic mass is 9.79. The van der Waals surface area contributed by atoms with E-state index in [1.807, 2.05) is 11.9 Å². The van der Waals surface area contributed by atoms with Crippen LogP contribution in [0.15, 0.2) is 0 Å². The molecule has 2 rings (SSSR count). The minimum atomic E-state index is 0.318. The number of amides is 1. The second-order valence-corrected chi connectivity index (χ2v) is 4.10. The molecule has 0 aliphatic carbocycles. The van der Waals surface area contributed by atoms with Crippen molar-refractivity contribution in [3.05, 3.63) is 0 Å². The van der Waals surface area contributed by atoms with Gasteiger partial charge in [-0.2, -0.15) is 0 Å². The molecule has 0 aromatic rings. The summed E-state index contributed by atoms with van der Waals surface area (Å²) in [6, 6.07) is 0. The van der Waals surface area contributed by atoms with Crippen LogP contribution in [0.5, 0.6) is 0 Å². The highest BCUT2D eigenvalue weighted by molar-refractivity contribution is 5.79. The molecule has 2 aliphatic rings. The molecule has 0 unspecified atom stereocenters. The molecule has 0 aromatic carbocycles. The lowest BCUT2D eigenvalue weighted by Gasteiger charge is -2.45. The fourth-order valence-corrected chi connectivity index (χ4v) is 2.41. The Morgan fingerprint density at radius 3 is 2.27 bits per heavy atom. The van der Waals surface area contributed by atoms with Gasteiger partial charge in [0, 0.05) is 38.5 Å². The molecule has 1 spiro atoms. The van der Waals surface area contributed by atoms with Crippen molar-refractivity contribution in [3.63, 3.8) is 0 Å². The first-order chi connectivity index (χ1) is 5.11. The Balaban J connectivity index is 2.04. The molecule has 1 amide bonds. The summed E-state index contributed by atoms with van der Waals surface area (Å²) in [5.74, 6) is 0.318. The summed E-state index contributed by atoms with van der Waals surface area (Å²) in [6.07, 6.45) is 0.772. The fourth-order valence-electron chi connectivity index (χ4n) is 2.41. The lowest BCUT2D eigenvalue weighted by molar-refractivity contribution is -0.126. The molecule has 3 heteroatoms. The van der Waals surface area contributed by atoms with E-state index in [1.165, 1.54) is 0 Å². The molecule has 0 atom stereocenters. The molecule has 0 radical (unpaired) electrons. The van der Waals surface area contributed by atoms with E-state index in [0.29, 0.717) is 11.3 Å². The molecule has 3 nitrogen and oxygen atoms in total. The zero-order chi connectivity index (χ0) is 8.06. The lowest BCUT2D eigenvalue weighted by Crippen LogP contribution is -2.55. The van der Waals surface area contributed by atoms with Crippen LogP contribution in [0.1, 0.15) is 6.42 Å². The van der Waals surface area contributed by atoms with Crippen molar-refractivity contribution < 1.29 is 4.79 Å². The van der Waals surface area contributed by atoms with Crippen molar-refractivity contribution in [2.75, 3.05) is 33.7 Å². The van der Waals surface area contributed by atoms with Crippen molar-refractivity contribution in [2.24, 2.45) is 5.41 Å². The highest BCUT2D eigenvalue weighted by Gasteiger charge is 2.48. The Morgan fingerprint density at radius 1 is 1.27 bits per heavy atom. The summed E-state index contributed by atoms with van der Waals surface area (Å²) in [7, 11) is 4.00. The van der Waals surface area contributed by atoms with Crippen molar-refractivity contribution >= 4 is 5.91 Å². The van der Waals surface area contributed by atoms with Gasteiger partial charge in [0.25, 0.3) is 0 Å². The summed E-state index contributed by atoms with van der Waals surface area (Å²) in [5, 5.41) is 0. The number of carbonyl (C=O) groups excluding carboxylic acids is 1. The maximum absolute atomic E-state index is 11.2. The van der Waals surface area contributed by atoms with Gasteiger partial charge in [-0.1, -0.05) is 0 Å². The van der Waals surface area contributed by atoms with Crippen LogP contribution in [0.4, 0.5) is 0 Å². The fraction of sp³-hybridized carbons (Fsp3) is 0.875. The largest absolute Gasteiger partial charge is 0.345 e. The second kappa shape index (κ2) is 1.97. The summed E-state index contributed by atoms with van der Waals surface area (Å²) >= 11 is 0. The normalized spacial score (nSPS) is 29.6. The first kappa shape index (κ1) is 7.10. The molecule has 0 bridgehead atoms. The molecule has 0 aromatic heterocycles. The van der Waals surface area contributed by atoms with Crippen molar-refractivity contribution in [2.45, 2.75) is 6.42 Å². The molecule has 0 N–H and O–H groups in total. The van der Waals surface area contributed by atoms with Crippen LogP contribution in [-0.4, -0.2) is 49.4 Å².